The van der Waals surface area contributed by atoms with Crippen molar-refractivity contribution in [3.63, 3.8) is 0 Å². The molecule has 1 aromatic heterocycles. The van der Waals surface area contributed by atoms with Gasteiger partial charge in [-0.15, -0.1) is 12.3 Å². The number of terminal acetylenes is 1. The minimum absolute atomic E-state index is 0.128. The van der Waals surface area contributed by atoms with Crippen molar-refractivity contribution in [2.75, 3.05) is 12.4 Å². The van der Waals surface area contributed by atoms with Crippen molar-refractivity contribution in [1.29, 1.82) is 0 Å². The number of sulfone groups is 1. The summed E-state index contributed by atoms with van der Waals surface area (Å²) in [4.78, 5) is 12.1. The van der Waals surface area contributed by atoms with E-state index >= 15 is 0 Å². The number of rotatable bonds is 5. The number of carbonyl (C=O) groups excluding carboxylic acids is 1. The average Bonchev–Trinajstić information content (AvgIpc) is 2.58. The monoisotopic (exact) mass is 297 g/mol. The van der Waals surface area contributed by atoms with Crippen LogP contribution in [-0.2, 0) is 21.6 Å². The lowest BCUT2D eigenvalue weighted by atomic mass is 10.2. The molecule has 1 aromatic rings. The summed E-state index contributed by atoms with van der Waals surface area (Å²) in [6, 6.07) is 0. The molecule has 0 atom stereocenters. The van der Waals surface area contributed by atoms with Crippen molar-refractivity contribution in [2.45, 2.75) is 32.1 Å². The van der Waals surface area contributed by atoms with Crippen LogP contribution in [0.1, 0.15) is 35.1 Å². The largest absolute Gasteiger partial charge is 0.461 e. The first-order valence-corrected chi connectivity index (χ1v) is 7.92. The minimum Gasteiger partial charge on any atom is -0.461 e. The Kier molecular flexibility index (Phi) is 5.01. The molecule has 0 aliphatic heterocycles. The normalized spacial score (nSPS) is 11.2. The fourth-order valence-electron chi connectivity index (χ4n) is 2.19. The smallest absolute Gasteiger partial charge is 0.355 e. The molecule has 0 amide bonds. The van der Waals surface area contributed by atoms with E-state index in [1.807, 2.05) is 0 Å². The Morgan fingerprint density at radius 3 is 2.50 bits per heavy atom. The summed E-state index contributed by atoms with van der Waals surface area (Å²) >= 11 is 0. The molecule has 6 heteroatoms. The van der Waals surface area contributed by atoms with Gasteiger partial charge in [0.25, 0.3) is 0 Å². The van der Waals surface area contributed by atoms with Gasteiger partial charge in [-0.1, -0.05) is 0 Å². The highest BCUT2D eigenvalue weighted by Gasteiger charge is 2.28. The summed E-state index contributed by atoms with van der Waals surface area (Å²) in [5.41, 5.74) is 1.20. The zero-order valence-corrected chi connectivity index (χ0v) is 13.0. The van der Waals surface area contributed by atoms with E-state index in [0.717, 1.165) is 0 Å². The van der Waals surface area contributed by atoms with Crippen LogP contribution in [0, 0.1) is 26.2 Å². The van der Waals surface area contributed by atoms with Gasteiger partial charge in [-0.25, -0.2) is 13.2 Å². The quantitative estimate of drug-likeness (QED) is 0.612. The zero-order valence-electron chi connectivity index (χ0n) is 12.2. The Morgan fingerprint density at radius 2 is 2.00 bits per heavy atom. The number of aromatic nitrogens is 1. The Labute approximate surface area is 119 Å². The first kappa shape index (κ1) is 16.3. The summed E-state index contributed by atoms with van der Waals surface area (Å²) in [5, 5.41) is 0. The number of hydrogen-bond donors (Lipinski definition) is 0. The van der Waals surface area contributed by atoms with E-state index in [1.165, 1.54) is 0 Å². The van der Waals surface area contributed by atoms with Crippen LogP contribution in [0.5, 0.6) is 0 Å². The molecule has 5 nitrogen and oxygen atoms in total. The van der Waals surface area contributed by atoms with Crippen LogP contribution in [-0.4, -0.2) is 31.3 Å². The third kappa shape index (κ3) is 2.88. The molecule has 0 saturated carbocycles. The van der Waals surface area contributed by atoms with E-state index in [1.54, 1.807) is 32.4 Å². The highest BCUT2D eigenvalue weighted by molar-refractivity contribution is 7.91. The van der Waals surface area contributed by atoms with Crippen LogP contribution in [0.3, 0.4) is 0 Å². The van der Waals surface area contributed by atoms with Gasteiger partial charge in [0.15, 0.2) is 9.84 Å². The standard InChI is InChI=1S/C14H19NO4S/c1-6-8-9-20(17,18)13-10(3)12(14(16)19-7-2)15(5)11(13)4/h1H,7-9H2,2-5H3. The number of carbonyl (C=O) groups is 1. The summed E-state index contributed by atoms with van der Waals surface area (Å²) in [6.45, 7) is 5.22. The summed E-state index contributed by atoms with van der Waals surface area (Å²) in [6.07, 6.45) is 5.26. The fraction of sp³-hybridized carbons (Fsp3) is 0.500. The molecule has 0 fully saturated rings. The molecule has 0 bridgehead atoms. The molecular formula is C14H19NO4S. The molecule has 1 heterocycles. The number of hydrogen-bond acceptors (Lipinski definition) is 4. The summed E-state index contributed by atoms with van der Waals surface area (Å²) < 4.78 is 31.2. The van der Waals surface area contributed by atoms with Crippen LogP contribution in [0.15, 0.2) is 4.90 Å². The van der Waals surface area contributed by atoms with Gasteiger partial charge < -0.3 is 9.30 Å². The van der Waals surface area contributed by atoms with Gasteiger partial charge in [0.1, 0.15) is 5.69 Å². The maximum absolute atomic E-state index is 12.3. The lowest BCUT2D eigenvalue weighted by molar-refractivity contribution is 0.0514. The van der Waals surface area contributed by atoms with Crippen LogP contribution >= 0.6 is 0 Å². The van der Waals surface area contributed by atoms with Crippen LogP contribution < -0.4 is 0 Å². The van der Waals surface area contributed by atoms with E-state index in [2.05, 4.69) is 5.92 Å². The van der Waals surface area contributed by atoms with E-state index < -0.39 is 15.8 Å². The highest BCUT2D eigenvalue weighted by Crippen LogP contribution is 2.27. The van der Waals surface area contributed by atoms with Gasteiger partial charge in [0.05, 0.1) is 17.3 Å². The van der Waals surface area contributed by atoms with Gasteiger partial charge in [-0.05, 0) is 20.8 Å². The predicted octanol–water partition coefficient (Wildman–Crippen LogP) is 1.62. The second-order valence-corrected chi connectivity index (χ2v) is 6.49. The second kappa shape index (κ2) is 6.14. The molecule has 0 unspecified atom stereocenters. The van der Waals surface area contributed by atoms with Crippen molar-refractivity contribution in [2.24, 2.45) is 7.05 Å². The molecule has 0 aromatic carbocycles. The second-order valence-electron chi connectivity index (χ2n) is 4.44. The number of esters is 1. The zero-order chi connectivity index (χ0) is 15.5. The molecule has 20 heavy (non-hydrogen) atoms. The van der Waals surface area contributed by atoms with Gasteiger partial charge in [0.2, 0.25) is 0 Å². The fourth-order valence-corrected chi connectivity index (χ4v) is 3.93. The molecule has 110 valence electrons. The van der Waals surface area contributed by atoms with Crippen LogP contribution in [0.25, 0.3) is 0 Å². The molecule has 0 spiro atoms. The van der Waals surface area contributed by atoms with E-state index in [4.69, 9.17) is 11.2 Å². The molecule has 0 radical (unpaired) electrons. The maximum Gasteiger partial charge on any atom is 0.355 e. The molecule has 0 aliphatic carbocycles. The minimum atomic E-state index is -3.51. The summed E-state index contributed by atoms with van der Waals surface area (Å²) in [7, 11) is -1.86. The van der Waals surface area contributed by atoms with Crippen molar-refractivity contribution in [1.82, 2.24) is 4.57 Å². The first-order chi connectivity index (χ1) is 9.27. The lowest BCUT2D eigenvalue weighted by Crippen LogP contribution is -2.11. The van der Waals surface area contributed by atoms with Crippen LogP contribution in [0.4, 0.5) is 0 Å². The number of ether oxygens (including phenoxy) is 1. The molecule has 0 saturated heterocycles. The van der Waals surface area contributed by atoms with Crippen molar-refractivity contribution >= 4 is 15.8 Å². The Morgan fingerprint density at radius 1 is 1.40 bits per heavy atom. The van der Waals surface area contributed by atoms with E-state index in [0.29, 0.717) is 11.3 Å². The Bertz CT molecular complexity index is 662. The molecule has 0 aliphatic rings. The van der Waals surface area contributed by atoms with Crippen molar-refractivity contribution < 1.29 is 17.9 Å². The van der Waals surface area contributed by atoms with Crippen molar-refractivity contribution in [3.05, 3.63) is 17.0 Å². The van der Waals surface area contributed by atoms with E-state index in [9.17, 15) is 13.2 Å². The lowest BCUT2D eigenvalue weighted by Gasteiger charge is -2.04. The third-order valence-electron chi connectivity index (χ3n) is 3.16. The topological polar surface area (TPSA) is 65.4 Å². The Balaban J connectivity index is 3.42. The van der Waals surface area contributed by atoms with E-state index in [-0.39, 0.29) is 29.4 Å². The van der Waals surface area contributed by atoms with Gasteiger partial charge >= 0.3 is 5.97 Å². The number of nitrogens with zero attached hydrogens (tertiary/aromatic N) is 1. The molecular weight excluding hydrogens is 278 g/mol. The van der Waals surface area contributed by atoms with Gasteiger partial charge in [-0.2, -0.15) is 0 Å². The third-order valence-corrected chi connectivity index (χ3v) is 5.12. The predicted molar refractivity (Wildman–Crippen MR) is 76.3 cm³/mol. The summed E-state index contributed by atoms with van der Waals surface area (Å²) in [5.74, 6) is 1.67. The maximum atomic E-state index is 12.3. The SMILES string of the molecule is C#CCCS(=O)(=O)c1c(C)c(C(=O)OCC)n(C)c1C. The van der Waals surface area contributed by atoms with Crippen molar-refractivity contribution in [3.8, 4) is 12.3 Å². The highest BCUT2D eigenvalue weighted by atomic mass is 32.2. The molecule has 0 N–H and O–H groups in total. The molecule has 1 rings (SSSR count). The van der Waals surface area contributed by atoms with Crippen LogP contribution in [0.2, 0.25) is 0 Å². The van der Waals surface area contributed by atoms with Gasteiger partial charge in [-0.3, -0.25) is 0 Å². The Hall–Kier alpha value is -1.74. The first-order valence-electron chi connectivity index (χ1n) is 6.27. The van der Waals surface area contributed by atoms with Gasteiger partial charge in [0, 0.05) is 24.7 Å². The average molecular weight is 297 g/mol.